The highest BCUT2D eigenvalue weighted by Gasteiger charge is 2.20. The minimum Gasteiger partial charge on any atom is -0.455 e. The molecule has 0 bridgehead atoms. The van der Waals surface area contributed by atoms with Crippen molar-refractivity contribution < 1.29 is 4.42 Å². The molecular formula is C55H32N4OS. The number of hydrogen-bond acceptors (Lipinski definition) is 5. The molecule has 0 amide bonds. The number of furan rings is 1. The van der Waals surface area contributed by atoms with E-state index in [-0.39, 0.29) is 0 Å². The first-order chi connectivity index (χ1) is 30.2. The Morgan fingerprint density at radius 1 is 0.393 bits per heavy atom. The number of rotatable bonds is 5. The van der Waals surface area contributed by atoms with E-state index in [1.54, 1.807) is 0 Å². The fourth-order valence-corrected chi connectivity index (χ4v) is 10.4. The second-order valence-electron chi connectivity index (χ2n) is 15.6. The van der Waals surface area contributed by atoms with Crippen molar-refractivity contribution in [1.82, 2.24) is 19.5 Å². The van der Waals surface area contributed by atoms with Gasteiger partial charge in [0.25, 0.3) is 0 Å². The van der Waals surface area contributed by atoms with Crippen LogP contribution in [0.2, 0.25) is 0 Å². The van der Waals surface area contributed by atoms with Crippen LogP contribution in [0.25, 0.3) is 126 Å². The summed E-state index contributed by atoms with van der Waals surface area (Å²) in [6.07, 6.45) is 0. The number of fused-ring (bicyclic) bond motifs is 11. The molecule has 0 aliphatic rings. The van der Waals surface area contributed by atoms with Crippen molar-refractivity contribution in [2.45, 2.75) is 0 Å². The molecule has 0 radical (unpaired) electrons. The normalized spacial score (nSPS) is 11.9. The Hall–Kier alpha value is -7.93. The van der Waals surface area contributed by atoms with Gasteiger partial charge >= 0.3 is 0 Å². The largest absolute Gasteiger partial charge is 0.455 e. The maximum atomic E-state index is 6.52. The van der Waals surface area contributed by atoms with Crippen molar-refractivity contribution in [3.63, 3.8) is 0 Å². The van der Waals surface area contributed by atoms with Gasteiger partial charge in [-0.1, -0.05) is 146 Å². The summed E-state index contributed by atoms with van der Waals surface area (Å²) in [7, 11) is 0. The monoisotopic (exact) mass is 796 g/mol. The number of thiophene rings is 1. The summed E-state index contributed by atoms with van der Waals surface area (Å²) in [5, 5.41) is 9.43. The standard InChI is InChI=1S/C55H32N4OS/c1-3-12-33(13-4-1)39-19-11-20-42-45-31-37(24-28-49(45)60-51(39)42)36-23-27-48-44(30-36)41-18-9-10-21-47(41)59(48)55-57-53(35-15-5-2-6-16-35)56-54(58-55)38-25-29-50-46(32-38)43-26-22-34-14-7-8-17-40(34)52(43)61-50/h1-32H. The van der Waals surface area contributed by atoms with E-state index < -0.39 is 0 Å². The van der Waals surface area contributed by atoms with E-state index in [0.29, 0.717) is 17.6 Å². The smallest absolute Gasteiger partial charge is 0.238 e. The minimum absolute atomic E-state index is 0.574. The first-order valence-corrected chi connectivity index (χ1v) is 21.2. The van der Waals surface area contributed by atoms with E-state index in [4.69, 9.17) is 19.4 Å². The van der Waals surface area contributed by atoms with Gasteiger partial charge in [-0.3, -0.25) is 4.57 Å². The lowest BCUT2D eigenvalue weighted by Gasteiger charge is -2.11. The van der Waals surface area contributed by atoms with Crippen LogP contribution >= 0.6 is 11.3 Å². The molecule has 0 N–H and O–H groups in total. The van der Waals surface area contributed by atoms with Gasteiger partial charge in [0, 0.05) is 58.4 Å². The summed E-state index contributed by atoms with van der Waals surface area (Å²) in [5.41, 5.74) is 10.2. The molecule has 0 spiro atoms. The molecule has 13 aromatic rings. The summed E-state index contributed by atoms with van der Waals surface area (Å²) in [6.45, 7) is 0. The van der Waals surface area contributed by atoms with Crippen LogP contribution in [-0.2, 0) is 0 Å². The molecule has 0 atom stereocenters. The Bertz CT molecular complexity index is 3880. The minimum atomic E-state index is 0.574. The second-order valence-corrected chi connectivity index (χ2v) is 16.6. The highest BCUT2D eigenvalue weighted by Crippen LogP contribution is 2.42. The molecular weight excluding hydrogens is 765 g/mol. The first kappa shape index (κ1) is 34.0. The number of aromatic nitrogens is 4. The van der Waals surface area contributed by atoms with Gasteiger partial charge in [0.1, 0.15) is 11.2 Å². The van der Waals surface area contributed by atoms with Gasteiger partial charge in [0.2, 0.25) is 5.95 Å². The van der Waals surface area contributed by atoms with Crippen molar-refractivity contribution in [2.24, 2.45) is 0 Å². The summed E-state index contributed by atoms with van der Waals surface area (Å²) in [6, 6.07) is 68.5. The molecule has 0 saturated heterocycles. The van der Waals surface area contributed by atoms with Crippen LogP contribution in [0, 0.1) is 0 Å². The highest BCUT2D eigenvalue weighted by molar-refractivity contribution is 7.26. The first-order valence-electron chi connectivity index (χ1n) is 20.4. The van der Waals surface area contributed by atoms with E-state index in [1.165, 1.54) is 30.9 Å². The lowest BCUT2D eigenvalue weighted by atomic mass is 9.99. The molecule has 4 heterocycles. The van der Waals surface area contributed by atoms with E-state index in [1.807, 2.05) is 35.6 Å². The molecule has 4 aromatic heterocycles. The maximum Gasteiger partial charge on any atom is 0.238 e. The van der Waals surface area contributed by atoms with Crippen LogP contribution in [0.3, 0.4) is 0 Å². The van der Waals surface area contributed by atoms with Gasteiger partial charge in [0.15, 0.2) is 11.6 Å². The molecule has 0 aliphatic heterocycles. The fourth-order valence-electron chi connectivity index (χ4n) is 9.14. The van der Waals surface area contributed by atoms with Gasteiger partial charge in [-0.15, -0.1) is 11.3 Å². The molecule has 5 nitrogen and oxygen atoms in total. The highest BCUT2D eigenvalue weighted by atomic mass is 32.1. The number of hydrogen-bond donors (Lipinski definition) is 0. The third-order valence-electron chi connectivity index (χ3n) is 12.1. The topological polar surface area (TPSA) is 56.7 Å². The Kier molecular flexibility index (Phi) is 7.41. The zero-order chi connectivity index (χ0) is 40.0. The van der Waals surface area contributed by atoms with Crippen molar-refractivity contribution in [2.75, 3.05) is 0 Å². The Morgan fingerprint density at radius 2 is 1.05 bits per heavy atom. The SMILES string of the molecule is c1ccc(-c2nc(-c3ccc4sc5c6ccccc6ccc5c4c3)nc(-n3c4ccccc4c4cc(-c5ccc6oc7c(-c8ccccc8)cccc7c6c5)ccc43)n2)cc1. The van der Waals surface area contributed by atoms with E-state index in [0.717, 1.165) is 77.1 Å². The van der Waals surface area contributed by atoms with Gasteiger partial charge in [-0.2, -0.15) is 9.97 Å². The fraction of sp³-hybridized carbons (Fsp3) is 0. The van der Waals surface area contributed by atoms with Crippen LogP contribution in [-0.4, -0.2) is 19.5 Å². The molecule has 0 unspecified atom stereocenters. The third-order valence-corrected chi connectivity index (χ3v) is 13.3. The maximum absolute atomic E-state index is 6.52. The Balaban J connectivity index is 0.978. The lowest BCUT2D eigenvalue weighted by Crippen LogP contribution is -2.06. The molecule has 9 aromatic carbocycles. The van der Waals surface area contributed by atoms with Gasteiger partial charge in [0.05, 0.1) is 11.0 Å². The summed E-state index contributed by atoms with van der Waals surface area (Å²) in [5.74, 6) is 1.83. The summed E-state index contributed by atoms with van der Waals surface area (Å²) in [4.78, 5) is 15.6. The van der Waals surface area contributed by atoms with Gasteiger partial charge < -0.3 is 4.42 Å². The van der Waals surface area contributed by atoms with Crippen LogP contribution in [0.5, 0.6) is 0 Å². The second kappa shape index (κ2) is 13.3. The van der Waals surface area contributed by atoms with Crippen LogP contribution in [0.4, 0.5) is 0 Å². The van der Waals surface area contributed by atoms with E-state index in [9.17, 15) is 0 Å². The molecule has 0 aliphatic carbocycles. The molecule has 6 heteroatoms. The molecule has 61 heavy (non-hydrogen) atoms. The predicted molar refractivity (Wildman–Crippen MR) is 254 cm³/mol. The van der Waals surface area contributed by atoms with Crippen molar-refractivity contribution >= 4 is 86.0 Å². The molecule has 0 fully saturated rings. The average Bonchev–Trinajstić information content (AvgIpc) is 4.01. The zero-order valence-corrected chi connectivity index (χ0v) is 33.4. The van der Waals surface area contributed by atoms with Crippen LogP contribution < -0.4 is 0 Å². The number of nitrogens with zero attached hydrogens (tertiary/aromatic N) is 4. The zero-order valence-electron chi connectivity index (χ0n) is 32.6. The molecule has 0 saturated carbocycles. The number of benzene rings is 9. The summed E-state index contributed by atoms with van der Waals surface area (Å²) < 4.78 is 11.2. The van der Waals surface area contributed by atoms with E-state index >= 15 is 0 Å². The third kappa shape index (κ3) is 5.36. The van der Waals surface area contributed by atoms with Gasteiger partial charge in [-0.25, -0.2) is 4.98 Å². The Labute approximate surface area is 353 Å². The predicted octanol–water partition coefficient (Wildman–Crippen LogP) is 15.1. The van der Waals surface area contributed by atoms with Crippen LogP contribution in [0.15, 0.2) is 199 Å². The quantitative estimate of drug-likeness (QED) is 0.174. The van der Waals surface area contributed by atoms with Crippen molar-refractivity contribution in [3.05, 3.63) is 194 Å². The lowest BCUT2D eigenvalue weighted by molar-refractivity contribution is 0.670. The van der Waals surface area contributed by atoms with E-state index in [2.05, 4.69) is 174 Å². The Morgan fingerprint density at radius 3 is 1.90 bits per heavy atom. The van der Waals surface area contributed by atoms with Crippen LogP contribution in [0.1, 0.15) is 0 Å². The number of para-hydroxylation sites is 2. The van der Waals surface area contributed by atoms with Gasteiger partial charge in [-0.05, 0) is 76.0 Å². The van der Waals surface area contributed by atoms with Crippen molar-refractivity contribution in [3.8, 4) is 51.0 Å². The molecule has 284 valence electrons. The van der Waals surface area contributed by atoms with Crippen molar-refractivity contribution in [1.29, 1.82) is 0 Å². The summed E-state index contributed by atoms with van der Waals surface area (Å²) >= 11 is 1.84. The molecule has 13 rings (SSSR count). The average molecular weight is 797 g/mol.